The lowest BCUT2D eigenvalue weighted by atomic mass is 10.1. The topological polar surface area (TPSA) is 84.9 Å². The minimum Gasteiger partial charge on any atom is -0.481 e. The predicted molar refractivity (Wildman–Crippen MR) is 111 cm³/mol. The van der Waals surface area contributed by atoms with Crippen LogP contribution >= 0.6 is 0 Å². The van der Waals surface area contributed by atoms with Crippen molar-refractivity contribution in [3.05, 3.63) is 53.6 Å². The first-order valence-corrected chi connectivity index (χ1v) is 10.9. The van der Waals surface area contributed by atoms with Crippen LogP contribution in [0.4, 0.5) is 5.69 Å². The summed E-state index contributed by atoms with van der Waals surface area (Å²) in [4.78, 5) is 12.7. The molecule has 0 spiro atoms. The predicted octanol–water partition coefficient (Wildman–Crippen LogP) is 2.73. The van der Waals surface area contributed by atoms with Crippen molar-refractivity contribution in [2.24, 2.45) is 0 Å². The van der Waals surface area contributed by atoms with Crippen LogP contribution in [-0.4, -0.2) is 51.0 Å². The van der Waals surface area contributed by atoms with E-state index in [0.29, 0.717) is 32.1 Å². The molecular weight excluding hydrogens is 392 g/mol. The molecule has 1 fully saturated rings. The third-order valence-electron chi connectivity index (χ3n) is 4.84. The van der Waals surface area contributed by atoms with E-state index in [0.717, 1.165) is 16.8 Å². The van der Waals surface area contributed by atoms with Gasteiger partial charge in [0, 0.05) is 18.8 Å². The fraction of sp³-hybridized carbons (Fsp3) is 0.381. The van der Waals surface area contributed by atoms with Crippen LogP contribution in [0.5, 0.6) is 5.75 Å². The number of rotatable bonds is 6. The lowest BCUT2D eigenvalue weighted by Gasteiger charge is -2.26. The number of nitrogens with one attached hydrogen (secondary N) is 1. The second-order valence-corrected chi connectivity index (χ2v) is 8.94. The van der Waals surface area contributed by atoms with Gasteiger partial charge in [-0.25, -0.2) is 8.42 Å². The van der Waals surface area contributed by atoms with Gasteiger partial charge in [-0.05, 0) is 56.2 Å². The average Bonchev–Trinajstić information content (AvgIpc) is 2.71. The number of anilines is 1. The van der Waals surface area contributed by atoms with Gasteiger partial charge < -0.3 is 14.8 Å². The third kappa shape index (κ3) is 4.95. The number of sulfonamides is 1. The first-order chi connectivity index (χ1) is 13.8. The number of ether oxygens (including phenoxy) is 2. The van der Waals surface area contributed by atoms with Crippen molar-refractivity contribution in [3.8, 4) is 5.75 Å². The highest BCUT2D eigenvalue weighted by molar-refractivity contribution is 7.89. The Morgan fingerprint density at radius 2 is 1.66 bits per heavy atom. The molecule has 1 saturated heterocycles. The standard InChI is InChI=1S/C21H26N2O5S/c1-15-5-4-6-16(2)20(15)22-21(24)17(3)28-18-7-9-19(10-8-18)29(25,26)23-11-13-27-14-12-23/h4-10,17H,11-14H2,1-3H3,(H,22,24). The van der Waals surface area contributed by atoms with Crippen LogP contribution in [0.1, 0.15) is 18.1 Å². The van der Waals surface area contributed by atoms with Crippen LogP contribution in [0.25, 0.3) is 0 Å². The molecule has 1 aliphatic heterocycles. The molecule has 29 heavy (non-hydrogen) atoms. The van der Waals surface area contributed by atoms with E-state index in [1.807, 2.05) is 32.0 Å². The highest BCUT2D eigenvalue weighted by atomic mass is 32.2. The van der Waals surface area contributed by atoms with Crippen LogP contribution in [-0.2, 0) is 19.6 Å². The van der Waals surface area contributed by atoms with E-state index in [9.17, 15) is 13.2 Å². The number of hydrogen-bond acceptors (Lipinski definition) is 5. The molecule has 0 radical (unpaired) electrons. The summed E-state index contributed by atoms with van der Waals surface area (Å²) in [7, 11) is -3.56. The Hall–Kier alpha value is -2.42. The lowest BCUT2D eigenvalue weighted by Crippen LogP contribution is -2.40. The summed E-state index contributed by atoms with van der Waals surface area (Å²) in [5.41, 5.74) is 2.73. The van der Waals surface area contributed by atoms with E-state index in [4.69, 9.17) is 9.47 Å². The zero-order valence-electron chi connectivity index (χ0n) is 16.8. The summed E-state index contributed by atoms with van der Waals surface area (Å²) < 4.78 is 37.6. The molecule has 156 valence electrons. The minimum absolute atomic E-state index is 0.194. The van der Waals surface area contributed by atoms with Crippen LogP contribution in [0.15, 0.2) is 47.4 Å². The second-order valence-electron chi connectivity index (χ2n) is 7.00. The van der Waals surface area contributed by atoms with Crippen molar-refractivity contribution in [3.63, 3.8) is 0 Å². The van der Waals surface area contributed by atoms with E-state index < -0.39 is 16.1 Å². The van der Waals surface area contributed by atoms with Crippen LogP contribution in [0.2, 0.25) is 0 Å². The minimum atomic E-state index is -3.56. The summed E-state index contributed by atoms with van der Waals surface area (Å²) in [6.45, 7) is 7.00. The molecular formula is C21H26N2O5S. The quantitative estimate of drug-likeness (QED) is 0.780. The molecule has 0 saturated carbocycles. The highest BCUT2D eigenvalue weighted by Crippen LogP contribution is 2.23. The summed E-state index contributed by atoms with van der Waals surface area (Å²) in [6.07, 6.45) is -0.740. The van der Waals surface area contributed by atoms with Crippen molar-refractivity contribution in [2.45, 2.75) is 31.8 Å². The van der Waals surface area contributed by atoms with E-state index in [-0.39, 0.29) is 10.8 Å². The van der Waals surface area contributed by atoms with Crippen molar-refractivity contribution in [2.75, 3.05) is 31.6 Å². The van der Waals surface area contributed by atoms with Gasteiger partial charge in [0.05, 0.1) is 18.1 Å². The Morgan fingerprint density at radius 3 is 2.24 bits per heavy atom. The van der Waals surface area contributed by atoms with Gasteiger partial charge in [-0.2, -0.15) is 4.31 Å². The maximum absolute atomic E-state index is 12.7. The summed E-state index contributed by atoms with van der Waals surface area (Å²) in [5.74, 6) is 0.155. The number of carbonyl (C=O) groups excluding carboxylic acids is 1. The first kappa shape index (κ1) is 21.3. The molecule has 8 heteroatoms. The number of morpholine rings is 1. The molecule has 7 nitrogen and oxygen atoms in total. The fourth-order valence-electron chi connectivity index (χ4n) is 3.12. The third-order valence-corrected chi connectivity index (χ3v) is 6.76. The summed E-state index contributed by atoms with van der Waals surface area (Å²) in [5, 5.41) is 2.90. The molecule has 1 N–H and O–H groups in total. The molecule has 1 aliphatic rings. The number of para-hydroxylation sites is 1. The highest BCUT2D eigenvalue weighted by Gasteiger charge is 2.26. The Kier molecular flexibility index (Phi) is 6.56. The van der Waals surface area contributed by atoms with Crippen LogP contribution in [0.3, 0.4) is 0 Å². The fourth-order valence-corrected chi connectivity index (χ4v) is 4.53. The zero-order valence-corrected chi connectivity index (χ0v) is 17.7. The molecule has 0 bridgehead atoms. The number of benzene rings is 2. The Labute approximate surface area is 171 Å². The normalized spacial score (nSPS) is 16.2. The molecule has 1 unspecified atom stereocenters. The van der Waals surface area contributed by atoms with Crippen LogP contribution in [0, 0.1) is 13.8 Å². The van der Waals surface area contributed by atoms with E-state index in [2.05, 4.69) is 5.32 Å². The van der Waals surface area contributed by atoms with Crippen molar-refractivity contribution < 1.29 is 22.7 Å². The van der Waals surface area contributed by atoms with Crippen LogP contribution < -0.4 is 10.1 Å². The monoisotopic (exact) mass is 418 g/mol. The van der Waals surface area contributed by atoms with Gasteiger partial charge >= 0.3 is 0 Å². The molecule has 0 aliphatic carbocycles. The molecule has 1 heterocycles. The maximum atomic E-state index is 12.7. The van der Waals surface area contributed by atoms with Gasteiger partial charge in [0.1, 0.15) is 5.75 Å². The van der Waals surface area contributed by atoms with E-state index in [1.54, 1.807) is 19.1 Å². The number of hydrogen-bond donors (Lipinski definition) is 1. The zero-order chi connectivity index (χ0) is 21.0. The van der Waals surface area contributed by atoms with Crippen molar-refractivity contribution in [1.82, 2.24) is 4.31 Å². The summed E-state index contributed by atoms with van der Waals surface area (Å²) in [6, 6.07) is 11.9. The van der Waals surface area contributed by atoms with Crippen molar-refractivity contribution in [1.29, 1.82) is 0 Å². The molecule has 1 atom stereocenters. The smallest absolute Gasteiger partial charge is 0.265 e. The van der Waals surface area contributed by atoms with E-state index >= 15 is 0 Å². The SMILES string of the molecule is Cc1cccc(C)c1NC(=O)C(C)Oc1ccc(S(=O)(=O)N2CCOCC2)cc1. The lowest BCUT2D eigenvalue weighted by molar-refractivity contribution is -0.122. The molecule has 3 rings (SSSR count). The maximum Gasteiger partial charge on any atom is 0.265 e. The molecule has 2 aromatic carbocycles. The van der Waals surface area contributed by atoms with Crippen molar-refractivity contribution >= 4 is 21.6 Å². The number of carbonyl (C=O) groups is 1. The number of aryl methyl sites for hydroxylation is 2. The van der Waals surface area contributed by atoms with Gasteiger partial charge in [0.15, 0.2) is 6.10 Å². The second kappa shape index (κ2) is 8.94. The molecule has 1 amide bonds. The number of nitrogens with zero attached hydrogens (tertiary/aromatic N) is 1. The first-order valence-electron chi connectivity index (χ1n) is 9.51. The summed E-state index contributed by atoms with van der Waals surface area (Å²) >= 11 is 0. The van der Waals surface area contributed by atoms with Gasteiger partial charge in [0.25, 0.3) is 5.91 Å². The van der Waals surface area contributed by atoms with Gasteiger partial charge in [-0.15, -0.1) is 0 Å². The number of amides is 1. The van der Waals surface area contributed by atoms with Gasteiger partial charge in [-0.1, -0.05) is 18.2 Å². The van der Waals surface area contributed by atoms with E-state index in [1.165, 1.54) is 16.4 Å². The largest absolute Gasteiger partial charge is 0.481 e. The Bertz CT molecular complexity index is 947. The van der Waals surface area contributed by atoms with Gasteiger partial charge in [0.2, 0.25) is 10.0 Å². The Balaban J connectivity index is 1.65. The molecule has 0 aromatic heterocycles. The Morgan fingerprint density at radius 1 is 1.07 bits per heavy atom. The molecule has 2 aromatic rings. The average molecular weight is 419 g/mol. The van der Waals surface area contributed by atoms with Gasteiger partial charge in [-0.3, -0.25) is 4.79 Å².